The van der Waals surface area contributed by atoms with E-state index in [-0.39, 0.29) is 11.8 Å². The second-order valence-electron chi connectivity index (χ2n) is 6.26. The Balaban J connectivity index is 1.40. The minimum atomic E-state index is -0.101. The maximum atomic E-state index is 12.3. The van der Waals surface area contributed by atoms with Crippen molar-refractivity contribution in [2.45, 2.75) is 12.8 Å². The zero-order valence-electron chi connectivity index (χ0n) is 14.5. The number of hydrogen-bond donors (Lipinski definition) is 1. The minimum Gasteiger partial charge on any atom is -0.469 e. The zero-order chi connectivity index (χ0) is 18.4. The Morgan fingerprint density at radius 1 is 1.08 bits per heavy atom. The summed E-state index contributed by atoms with van der Waals surface area (Å²) in [5.41, 5.74) is 0.617. The number of furan rings is 1. The van der Waals surface area contributed by atoms with Gasteiger partial charge in [0.05, 0.1) is 23.5 Å². The Morgan fingerprint density at radius 3 is 2.54 bits per heavy atom. The smallest absolute Gasteiger partial charge is 0.238 e. The molecular weight excluding hydrogens is 354 g/mol. The molecule has 0 radical (unpaired) electrons. The van der Waals surface area contributed by atoms with Gasteiger partial charge < -0.3 is 14.6 Å². The zero-order valence-corrected chi connectivity index (χ0v) is 15.2. The van der Waals surface area contributed by atoms with Crippen LogP contribution in [0.25, 0.3) is 0 Å². The number of hydrogen-bond acceptors (Lipinski definition) is 4. The van der Waals surface area contributed by atoms with Gasteiger partial charge in [0.1, 0.15) is 5.76 Å². The molecule has 0 atom stereocenters. The predicted octanol–water partition coefficient (Wildman–Crippen LogP) is 2.65. The van der Waals surface area contributed by atoms with E-state index in [0.717, 1.165) is 5.76 Å². The SMILES string of the molecule is O=C(CN1CCN(C(=O)CCc2ccco2)CC1)Nc1ccccc1Cl. The molecule has 3 rings (SSSR count). The molecule has 0 bridgehead atoms. The highest BCUT2D eigenvalue weighted by Crippen LogP contribution is 2.20. The Kier molecular flexibility index (Phi) is 6.30. The summed E-state index contributed by atoms with van der Waals surface area (Å²) in [6.45, 7) is 2.93. The van der Waals surface area contributed by atoms with E-state index in [0.29, 0.717) is 56.3 Å². The molecule has 0 aliphatic carbocycles. The Hall–Kier alpha value is -2.31. The van der Waals surface area contributed by atoms with Crippen LogP contribution in [0.15, 0.2) is 47.1 Å². The number of carbonyl (C=O) groups excluding carboxylic acids is 2. The number of piperazine rings is 1. The van der Waals surface area contributed by atoms with Gasteiger partial charge in [-0.2, -0.15) is 0 Å². The van der Waals surface area contributed by atoms with Gasteiger partial charge in [0.15, 0.2) is 0 Å². The lowest BCUT2D eigenvalue weighted by Gasteiger charge is -2.34. The summed E-state index contributed by atoms with van der Waals surface area (Å²) >= 11 is 6.05. The van der Waals surface area contributed by atoms with Crippen molar-refractivity contribution in [3.63, 3.8) is 0 Å². The van der Waals surface area contributed by atoms with Crippen LogP contribution >= 0.6 is 11.6 Å². The molecule has 2 amide bonds. The Morgan fingerprint density at radius 2 is 1.85 bits per heavy atom. The molecule has 2 heterocycles. The molecule has 7 heteroatoms. The van der Waals surface area contributed by atoms with E-state index in [9.17, 15) is 9.59 Å². The number of rotatable bonds is 6. The molecule has 1 N–H and O–H groups in total. The van der Waals surface area contributed by atoms with E-state index < -0.39 is 0 Å². The number of halogens is 1. The Labute approximate surface area is 157 Å². The van der Waals surface area contributed by atoms with Gasteiger partial charge in [0, 0.05) is 39.0 Å². The van der Waals surface area contributed by atoms with E-state index in [1.54, 1.807) is 18.4 Å². The van der Waals surface area contributed by atoms with Crippen LogP contribution in [0.3, 0.4) is 0 Å². The van der Waals surface area contributed by atoms with Gasteiger partial charge in [-0.1, -0.05) is 23.7 Å². The maximum absolute atomic E-state index is 12.3. The first-order chi connectivity index (χ1) is 12.6. The summed E-state index contributed by atoms with van der Waals surface area (Å²) in [4.78, 5) is 28.3. The first kappa shape index (κ1) is 18.5. The normalized spacial score (nSPS) is 15.0. The van der Waals surface area contributed by atoms with E-state index >= 15 is 0 Å². The fourth-order valence-corrected chi connectivity index (χ4v) is 3.14. The summed E-state index contributed by atoms with van der Waals surface area (Å²) in [5.74, 6) is 0.852. The molecule has 1 fully saturated rings. The summed E-state index contributed by atoms with van der Waals surface area (Å²) in [7, 11) is 0. The van der Waals surface area contributed by atoms with Crippen molar-refractivity contribution < 1.29 is 14.0 Å². The number of amides is 2. The highest BCUT2D eigenvalue weighted by Gasteiger charge is 2.22. The lowest BCUT2D eigenvalue weighted by molar-refractivity contribution is -0.133. The fraction of sp³-hybridized carbons (Fsp3) is 0.368. The molecule has 1 saturated heterocycles. The molecule has 26 heavy (non-hydrogen) atoms. The fourth-order valence-electron chi connectivity index (χ4n) is 2.95. The summed E-state index contributed by atoms with van der Waals surface area (Å²) < 4.78 is 5.26. The highest BCUT2D eigenvalue weighted by molar-refractivity contribution is 6.33. The van der Waals surface area contributed by atoms with Crippen LogP contribution in [0.2, 0.25) is 5.02 Å². The third-order valence-corrected chi connectivity index (χ3v) is 4.74. The van der Waals surface area contributed by atoms with Gasteiger partial charge in [0.25, 0.3) is 0 Å². The van der Waals surface area contributed by atoms with Crippen molar-refractivity contribution in [2.24, 2.45) is 0 Å². The first-order valence-corrected chi connectivity index (χ1v) is 9.06. The minimum absolute atomic E-state index is 0.101. The average molecular weight is 376 g/mol. The van der Waals surface area contributed by atoms with Crippen LogP contribution in [-0.4, -0.2) is 54.3 Å². The van der Waals surface area contributed by atoms with E-state index in [2.05, 4.69) is 5.32 Å². The summed E-state index contributed by atoms with van der Waals surface area (Å²) in [6, 6.07) is 10.9. The number of para-hydroxylation sites is 1. The van der Waals surface area contributed by atoms with Crippen molar-refractivity contribution in [3.8, 4) is 0 Å². The molecule has 2 aromatic rings. The van der Waals surface area contributed by atoms with Gasteiger partial charge in [-0.05, 0) is 24.3 Å². The molecule has 1 aromatic carbocycles. The molecule has 0 spiro atoms. The molecule has 1 aliphatic rings. The number of benzene rings is 1. The molecule has 1 aliphatic heterocycles. The van der Waals surface area contributed by atoms with Gasteiger partial charge in [0.2, 0.25) is 11.8 Å². The average Bonchev–Trinajstić information content (AvgIpc) is 3.16. The highest BCUT2D eigenvalue weighted by atomic mass is 35.5. The van der Waals surface area contributed by atoms with Crippen LogP contribution in [0.5, 0.6) is 0 Å². The molecule has 6 nitrogen and oxygen atoms in total. The van der Waals surface area contributed by atoms with E-state index in [1.165, 1.54) is 0 Å². The molecule has 0 unspecified atom stereocenters. The predicted molar refractivity (Wildman–Crippen MR) is 100 cm³/mol. The molecule has 1 aromatic heterocycles. The van der Waals surface area contributed by atoms with Crippen LogP contribution in [0, 0.1) is 0 Å². The monoisotopic (exact) mass is 375 g/mol. The van der Waals surface area contributed by atoms with Gasteiger partial charge in [-0.15, -0.1) is 0 Å². The topological polar surface area (TPSA) is 65.8 Å². The maximum Gasteiger partial charge on any atom is 0.238 e. The third kappa shape index (κ3) is 5.09. The van der Waals surface area contributed by atoms with Gasteiger partial charge in [-0.3, -0.25) is 14.5 Å². The molecule has 0 saturated carbocycles. The Bertz CT molecular complexity index is 740. The summed E-state index contributed by atoms with van der Waals surface area (Å²) in [5, 5.41) is 3.35. The van der Waals surface area contributed by atoms with Crippen molar-refractivity contribution >= 4 is 29.1 Å². The van der Waals surface area contributed by atoms with Crippen LogP contribution in [0.1, 0.15) is 12.2 Å². The lowest BCUT2D eigenvalue weighted by Crippen LogP contribution is -2.50. The van der Waals surface area contributed by atoms with Crippen molar-refractivity contribution in [1.82, 2.24) is 9.80 Å². The number of nitrogens with zero attached hydrogens (tertiary/aromatic N) is 2. The third-order valence-electron chi connectivity index (χ3n) is 4.41. The van der Waals surface area contributed by atoms with Crippen LogP contribution in [0.4, 0.5) is 5.69 Å². The van der Waals surface area contributed by atoms with E-state index in [1.807, 2.05) is 34.1 Å². The van der Waals surface area contributed by atoms with Crippen molar-refractivity contribution in [3.05, 3.63) is 53.4 Å². The number of aryl methyl sites for hydroxylation is 1. The number of carbonyl (C=O) groups is 2. The summed E-state index contributed by atoms with van der Waals surface area (Å²) in [6.07, 6.45) is 2.68. The van der Waals surface area contributed by atoms with E-state index in [4.69, 9.17) is 16.0 Å². The van der Waals surface area contributed by atoms with Gasteiger partial charge >= 0.3 is 0 Å². The largest absolute Gasteiger partial charge is 0.469 e. The standard InChI is InChI=1S/C19H22ClN3O3/c20-16-5-1-2-6-17(16)21-18(24)14-22-9-11-23(12-10-22)19(25)8-7-15-4-3-13-26-15/h1-6,13H,7-12,14H2,(H,21,24). The van der Waals surface area contributed by atoms with Gasteiger partial charge in [-0.25, -0.2) is 0 Å². The first-order valence-electron chi connectivity index (χ1n) is 8.69. The molecule has 138 valence electrons. The number of anilines is 1. The van der Waals surface area contributed by atoms with Crippen molar-refractivity contribution in [2.75, 3.05) is 38.0 Å². The van der Waals surface area contributed by atoms with Crippen molar-refractivity contribution in [1.29, 1.82) is 0 Å². The lowest BCUT2D eigenvalue weighted by atomic mass is 10.2. The number of nitrogens with one attached hydrogen (secondary N) is 1. The second kappa shape index (κ2) is 8.87. The quantitative estimate of drug-likeness (QED) is 0.843. The van der Waals surface area contributed by atoms with Crippen LogP contribution in [-0.2, 0) is 16.0 Å². The second-order valence-corrected chi connectivity index (χ2v) is 6.67. The van der Waals surface area contributed by atoms with Crippen LogP contribution < -0.4 is 5.32 Å². The molecular formula is C19H22ClN3O3.